The lowest BCUT2D eigenvalue weighted by Crippen LogP contribution is -2.40. The summed E-state index contributed by atoms with van der Waals surface area (Å²) in [4.78, 5) is 2.50. The van der Waals surface area contributed by atoms with E-state index in [1.807, 2.05) is 18.9 Å². The van der Waals surface area contributed by atoms with E-state index in [0.717, 1.165) is 17.8 Å². The number of rotatable bonds is 2. The number of alkyl halides is 3. The van der Waals surface area contributed by atoms with Crippen molar-refractivity contribution in [3.05, 3.63) is 47.0 Å². The van der Waals surface area contributed by atoms with Crippen LogP contribution in [0.5, 0.6) is 17.2 Å². The highest BCUT2D eigenvalue weighted by molar-refractivity contribution is 7.80. The molecule has 0 radical (unpaired) electrons. The Hall–Kier alpha value is -1.99. The van der Waals surface area contributed by atoms with Crippen LogP contribution in [0, 0.1) is 0 Å². The summed E-state index contributed by atoms with van der Waals surface area (Å²) >= 11 is 11.2. The Balaban J connectivity index is 1.88. The van der Waals surface area contributed by atoms with Crippen LogP contribution in [0.1, 0.15) is 12.5 Å². The van der Waals surface area contributed by atoms with Crippen LogP contribution in [0.4, 0.5) is 18.9 Å². The van der Waals surface area contributed by atoms with Crippen LogP contribution >= 0.6 is 23.8 Å². The molecule has 0 aromatic heterocycles. The number of ether oxygens (including phenoxy) is 2. The molecular formula is C17H13ClF3NO2S. The van der Waals surface area contributed by atoms with E-state index in [2.05, 4.69) is 0 Å². The Bertz CT molecular complexity index is 841. The number of anilines is 1. The summed E-state index contributed by atoms with van der Waals surface area (Å²) in [5, 5.41) is -0.125. The van der Waals surface area contributed by atoms with Gasteiger partial charge in [-0.2, -0.15) is 13.2 Å². The molecule has 8 heteroatoms. The number of benzene rings is 2. The van der Waals surface area contributed by atoms with Crippen molar-refractivity contribution in [2.45, 2.75) is 19.2 Å². The van der Waals surface area contributed by atoms with Gasteiger partial charge in [0.15, 0.2) is 0 Å². The molecule has 2 aromatic carbocycles. The second-order valence-electron chi connectivity index (χ2n) is 5.53. The molecule has 0 aliphatic carbocycles. The minimum absolute atomic E-state index is 0.125. The SMILES string of the molecule is CC1Oc2cc(Oc3ccc(C(F)(F)F)cc3Cl)ccc2N(C)C1=S. The van der Waals surface area contributed by atoms with Gasteiger partial charge in [-0.15, -0.1) is 0 Å². The smallest absolute Gasteiger partial charge is 0.416 e. The molecule has 3 nitrogen and oxygen atoms in total. The van der Waals surface area contributed by atoms with Crippen LogP contribution in [-0.2, 0) is 6.18 Å². The van der Waals surface area contributed by atoms with E-state index in [9.17, 15) is 13.2 Å². The summed E-state index contributed by atoms with van der Waals surface area (Å²) in [6, 6.07) is 8.03. The zero-order valence-corrected chi connectivity index (χ0v) is 14.8. The van der Waals surface area contributed by atoms with Crippen molar-refractivity contribution in [1.29, 1.82) is 0 Å². The van der Waals surface area contributed by atoms with Gasteiger partial charge in [0.1, 0.15) is 28.3 Å². The predicted octanol–water partition coefficient (Wildman–Crippen LogP) is 5.70. The number of thiocarbonyl (C=S) groups is 1. The molecule has 0 fully saturated rings. The highest BCUT2D eigenvalue weighted by Crippen LogP contribution is 2.40. The van der Waals surface area contributed by atoms with Crippen molar-refractivity contribution in [3.63, 3.8) is 0 Å². The molecule has 132 valence electrons. The number of likely N-dealkylation sites (N-methyl/N-ethyl adjacent to an activating group) is 1. The Morgan fingerprint density at radius 1 is 1.20 bits per heavy atom. The van der Waals surface area contributed by atoms with Crippen LogP contribution in [0.25, 0.3) is 0 Å². The summed E-state index contributed by atoms with van der Waals surface area (Å²) in [5.74, 6) is 1.10. The highest BCUT2D eigenvalue weighted by atomic mass is 35.5. The Morgan fingerprint density at radius 2 is 1.92 bits per heavy atom. The third-order valence-corrected chi connectivity index (χ3v) is 4.66. The normalized spacial score (nSPS) is 17.1. The van der Waals surface area contributed by atoms with Gasteiger partial charge in [0.05, 0.1) is 16.3 Å². The lowest BCUT2D eigenvalue weighted by molar-refractivity contribution is -0.137. The number of hydrogen-bond donors (Lipinski definition) is 0. The van der Waals surface area contributed by atoms with E-state index >= 15 is 0 Å². The molecule has 2 aromatic rings. The van der Waals surface area contributed by atoms with Gasteiger partial charge >= 0.3 is 6.18 Å². The monoisotopic (exact) mass is 387 g/mol. The van der Waals surface area contributed by atoms with Crippen molar-refractivity contribution in [2.24, 2.45) is 0 Å². The Morgan fingerprint density at radius 3 is 2.56 bits per heavy atom. The standard InChI is InChI=1S/C17H13ClF3NO2S/c1-9-16(25)22(2)13-5-4-11(8-15(13)23-9)24-14-6-3-10(7-12(14)18)17(19,20)21/h3-9H,1-2H3. The minimum Gasteiger partial charge on any atom is -0.481 e. The summed E-state index contributed by atoms with van der Waals surface area (Å²) in [6.45, 7) is 1.84. The summed E-state index contributed by atoms with van der Waals surface area (Å²) < 4.78 is 49.4. The summed E-state index contributed by atoms with van der Waals surface area (Å²) in [5.41, 5.74) is -0.0449. The fourth-order valence-corrected chi connectivity index (χ4v) is 2.81. The van der Waals surface area contributed by atoms with Crippen molar-refractivity contribution in [3.8, 4) is 17.2 Å². The molecule has 0 spiro atoms. The van der Waals surface area contributed by atoms with Gasteiger partial charge in [-0.25, -0.2) is 0 Å². The van der Waals surface area contributed by atoms with Crippen molar-refractivity contribution in [2.75, 3.05) is 11.9 Å². The van der Waals surface area contributed by atoms with Gasteiger partial charge in [-0.1, -0.05) is 23.8 Å². The van der Waals surface area contributed by atoms with Crippen LogP contribution in [0.2, 0.25) is 5.02 Å². The molecule has 1 atom stereocenters. The van der Waals surface area contributed by atoms with Gasteiger partial charge in [0, 0.05) is 13.1 Å². The summed E-state index contributed by atoms with van der Waals surface area (Å²) in [7, 11) is 1.84. The number of halogens is 4. The minimum atomic E-state index is -4.46. The zero-order chi connectivity index (χ0) is 18.4. The molecular weight excluding hydrogens is 375 g/mol. The van der Waals surface area contributed by atoms with E-state index in [-0.39, 0.29) is 16.9 Å². The topological polar surface area (TPSA) is 21.7 Å². The predicted molar refractivity (Wildman–Crippen MR) is 94.1 cm³/mol. The first kappa shape index (κ1) is 17.8. The molecule has 1 aliphatic rings. The third-order valence-electron chi connectivity index (χ3n) is 3.76. The first-order valence-corrected chi connectivity index (χ1v) is 8.08. The first-order chi connectivity index (χ1) is 11.7. The third kappa shape index (κ3) is 3.52. The van der Waals surface area contributed by atoms with Gasteiger partial charge < -0.3 is 14.4 Å². The molecule has 0 N–H and O–H groups in total. The fourth-order valence-electron chi connectivity index (χ4n) is 2.45. The van der Waals surface area contributed by atoms with E-state index in [1.165, 1.54) is 6.07 Å². The Labute approximate surface area is 152 Å². The molecule has 25 heavy (non-hydrogen) atoms. The molecule has 0 saturated heterocycles. The molecule has 1 aliphatic heterocycles. The molecule has 0 saturated carbocycles. The van der Waals surface area contributed by atoms with Gasteiger partial charge in [-0.05, 0) is 37.3 Å². The van der Waals surface area contributed by atoms with Gasteiger partial charge in [0.25, 0.3) is 0 Å². The second-order valence-corrected chi connectivity index (χ2v) is 6.36. The van der Waals surface area contributed by atoms with Gasteiger partial charge in [0.2, 0.25) is 0 Å². The van der Waals surface area contributed by atoms with E-state index < -0.39 is 11.7 Å². The second kappa shape index (κ2) is 6.38. The molecule has 0 bridgehead atoms. The van der Waals surface area contributed by atoms with Gasteiger partial charge in [-0.3, -0.25) is 0 Å². The fraction of sp³-hybridized carbons (Fsp3) is 0.235. The van der Waals surface area contributed by atoms with Crippen molar-refractivity contribution >= 4 is 34.5 Å². The molecule has 0 amide bonds. The first-order valence-electron chi connectivity index (χ1n) is 7.29. The largest absolute Gasteiger partial charge is 0.481 e. The van der Waals surface area contributed by atoms with E-state index in [4.69, 9.17) is 33.3 Å². The molecule has 3 rings (SSSR count). The van der Waals surface area contributed by atoms with Crippen molar-refractivity contribution in [1.82, 2.24) is 0 Å². The van der Waals surface area contributed by atoms with Crippen molar-refractivity contribution < 1.29 is 22.6 Å². The van der Waals surface area contributed by atoms with Crippen LogP contribution < -0.4 is 14.4 Å². The molecule has 1 heterocycles. The zero-order valence-electron chi connectivity index (χ0n) is 13.2. The number of hydrogen-bond acceptors (Lipinski definition) is 3. The van der Waals surface area contributed by atoms with Crippen LogP contribution in [0.3, 0.4) is 0 Å². The highest BCUT2D eigenvalue weighted by Gasteiger charge is 2.31. The average Bonchev–Trinajstić information content (AvgIpc) is 2.53. The maximum Gasteiger partial charge on any atom is 0.416 e. The molecule has 1 unspecified atom stereocenters. The maximum atomic E-state index is 12.7. The number of nitrogens with zero attached hydrogens (tertiary/aromatic N) is 1. The van der Waals surface area contributed by atoms with Crippen LogP contribution in [-0.4, -0.2) is 18.1 Å². The summed E-state index contributed by atoms with van der Waals surface area (Å²) in [6.07, 6.45) is -4.72. The number of fused-ring (bicyclic) bond motifs is 1. The Kier molecular flexibility index (Phi) is 4.55. The quantitative estimate of drug-likeness (QED) is 0.616. The van der Waals surface area contributed by atoms with E-state index in [1.54, 1.807) is 18.2 Å². The van der Waals surface area contributed by atoms with Crippen LogP contribution in [0.15, 0.2) is 36.4 Å². The lowest BCUT2D eigenvalue weighted by Gasteiger charge is -2.32. The van der Waals surface area contributed by atoms with E-state index in [0.29, 0.717) is 16.5 Å². The lowest BCUT2D eigenvalue weighted by atomic mass is 10.2. The average molecular weight is 388 g/mol. The maximum absolute atomic E-state index is 12.7.